The minimum atomic E-state index is -0.372. The second-order valence-electron chi connectivity index (χ2n) is 6.60. The number of amides is 1. The second kappa shape index (κ2) is 7.99. The van der Waals surface area contributed by atoms with E-state index in [2.05, 4.69) is 19.9 Å². The van der Waals surface area contributed by atoms with Crippen LogP contribution in [0, 0.1) is 25.2 Å². The van der Waals surface area contributed by atoms with Crippen LogP contribution in [-0.2, 0) is 11.2 Å². The Kier molecular flexibility index (Phi) is 5.50. The number of nitrogens with zero attached hydrogens (tertiary/aromatic N) is 5. The highest BCUT2D eigenvalue weighted by atomic mass is 16.2. The number of aryl methyl sites for hydroxylation is 1. The monoisotopic (exact) mass is 366 g/mol. The molecule has 1 aliphatic heterocycles. The molecule has 0 unspecified atom stereocenters. The number of hydrogen-bond acceptors (Lipinski definition) is 6. The predicted molar refractivity (Wildman–Crippen MR) is 100 cm³/mol. The van der Waals surface area contributed by atoms with Gasteiger partial charge in [0.25, 0.3) is 5.56 Å². The van der Waals surface area contributed by atoms with Gasteiger partial charge < -0.3 is 14.8 Å². The van der Waals surface area contributed by atoms with E-state index in [-0.39, 0.29) is 17.0 Å². The number of H-pyrrole nitrogens is 1. The van der Waals surface area contributed by atoms with Crippen molar-refractivity contribution in [3.05, 3.63) is 51.3 Å². The minimum absolute atomic E-state index is 0.0808. The van der Waals surface area contributed by atoms with Gasteiger partial charge in [0.2, 0.25) is 5.91 Å². The van der Waals surface area contributed by atoms with Crippen molar-refractivity contribution in [1.82, 2.24) is 19.9 Å². The third kappa shape index (κ3) is 3.97. The van der Waals surface area contributed by atoms with E-state index in [9.17, 15) is 9.59 Å². The highest BCUT2D eigenvalue weighted by Gasteiger charge is 2.22. The molecule has 2 aromatic rings. The smallest absolute Gasteiger partial charge is 0.266 e. The van der Waals surface area contributed by atoms with Gasteiger partial charge in [-0.2, -0.15) is 5.26 Å². The van der Waals surface area contributed by atoms with Crippen molar-refractivity contribution >= 4 is 11.7 Å². The molecule has 0 atom stereocenters. The van der Waals surface area contributed by atoms with Crippen molar-refractivity contribution in [2.24, 2.45) is 0 Å². The summed E-state index contributed by atoms with van der Waals surface area (Å²) in [4.78, 5) is 39.5. The van der Waals surface area contributed by atoms with Crippen LogP contribution in [0.3, 0.4) is 0 Å². The van der Waals surface area contributed by atoms with Crippen LogP contribution < -0.4 is 10.5 Å². The molecule has 0 aliphatic carbocycles. The number of pyridine rings is 1. The van der Waals surface area contributed by atoms with Crippen molar-refractivity contribution in [3.63, 3.8) is 0 Å². The number of nitriles is 1. The summed E-state index contributed by atoms with van der Waals surface area (Å²) in [5.41, 5.74) is 2.01. The van der Waals surface area contributed by atoms with E-state index in [1.165, 1.54) is 0 Å². The van der Waals surface area contributed by atoms with Crippen molar-refractivity contribution < 1.29 is 4.79 Å². The number of hydrogen-bond donors (Lipinski definition) is 1. The Hall–Kier alpha value is -3.21. The summed E-state index contributed by atoms with van der Waals surface area (Å²) in [6.07, 6.45) is 5.89. The molecule has 0 aromatic carbocycles. The molecule has 3 heterocycles. The zero-order valence-electron chi connectivity index (χ0n) is 15.5. The molecule has 8 nitrogen and oxygen atoms in total. The second-order valence-corrected chi connectivity index (χ2v) is 6.60. The Morgan fingerprint density at radius 3 is 2.63 bits per heavy atom. The molecule has 0 spiro atoms. The Bertz CT molecular complexity index is 924. The molecule has 1 saturated heterocycles. The Balaban J connectivity index is 1.60. The van der Waals surface area contributed by atoms with Crippen LogP contribution in [-0.4, -0.2) is 51.9 Å². The lowest BCUT2D eigenvalue weighted by atomic mass is 9.99. The van der Waals surface area contributed by atoms with E-state index in [1.54, 1.807) is 32.4 Å². The van der Waals surface area contributed by atoms with Gasteiger partial charge in [-0.3, -0.25) is 14.6 Å². The van der Waals surface area contributed by atoms with Gasteiger partial charge >= 0.3 is 0 Å². The topological polar surface area (TPSA) is 106 Å². The molecule has 1 aliphatic rings. The summed E-state index contributed by atoms with van der Waals surface area (Å²) in [5, 5.41) is 9.16. The molecule has 3 rings (SSSR count). The van der Waals surface area contributed by atoms with Crippen LogP contribution in [0.1, 0.15) is 28.8 Å². The lowest BCUT2D eigenvalue weighted by molar-refractivity contribution is -0.131. The highest BCUT2D eigenvalue weighted by Crippen LogP contribution is 2.17. The molecule has 2 aromatic heterocycles. The lowest BCUT2D eigenvalue weighted by Crippen LogP contribution is -2.49. The predicted octanol–water partition coefficient (Wildman–Crippen LogP) is 0.935. The Labute approximate surface area is 157 Å². The number of aromatic amines is 1. The van der Waals surface area contributed by atoms with Crippen molar-refractivity contribution in [2.75, 3.05) is 31.1 Å². The molecule has 0 bridgehead atoms. The van der Waals surface area contributed by atoms with E-state index in [1.807, 2.05) is 11.0 Å². The fourth-order valence-corrected chi connectivity index (χ4v) is 3.45. The van der Waals surface area contributed by atoms with Crippen LogP contribution in [0.5, 0.6) is 0 Å². The Morgan fingerprint density at radius 1 is 1.26 bits per heavy atom. The van der Waals surface area contributed by atoms with Crippen molar-refractivity contribution in [3.8, 4) is 6.07 Å². The fourth-order valence-electron chi connectivity index (χ4n) is 3.45. The minimum Gasteiger partial charge on any atom is -0.352 e. The molecule has 8 heteroatoms. The molecule has 1 amide bonds. The van der Waals surface area contributed by atoms with Gasteiger partial charge in [0.1, 0.15) is 17.5 Å². The first-order valence-corrected chi connectivity index (χ1v) is 8.92. The van der Waals surface area contributed by atoms with E-state index in [4.69, 9.17) is 5.26 Å². The lowest BCUT2D eigenvalue weighted by Gasteiger charge is -2.35. The van der Waals surface area contributed by atoms with Crippen molar-refractivity contribution in [1.29, 1.82) is 5.26 Å². The average Bonchev–Trinajstić information content (AvgIpc) is 2.68. The van der Waals surface area contributed by atoms with Gasteiger partial charge in [-0.15, -0.1) is 0 Å². The summed E-state index contributed by atoms with van der Waals surface area (Å²) in [6, 6.07) is 1.95. The van der Waals surface area contributed by atoms with E-state index >= 15 is 0 Å². The summed E-state index contributed by atoms with van der Waals surface area (Å²) >= 11 is 0. The van der Waals surface area contributed by atoms with E-state index in [0.29, 0.717) is 31.5 Å². The van der Waals surface area contributed by atoms with Gasteiger partial charge in [-0.05, 0) is 31.4 Å². The van der Waals surface area contributed by atoms with Crippen LogP contribution in [0.15, 0.2) is 23.4 Å². The molecular formula is C19H22N6O2. The largest absolute Gasteiger partial charge is 0.352 e. The quantitative estimate of drug-likeness (QED) is 0.863. The molecular weight excluding hydrogens is 344 g/mol. The third-order valence-corrected chi connectivity index (χ3v) is 5.02. The van der Waals surface area contributed by atoms with Crippen LogP contribution in [0.4, 0.5) is 5.82 Å². The molecule has 1 N–H and O–H groups in total. The molecule has 27 heavy (non-hydrogen) atoms. The first kappa shape index (κ1) is 18.6. The number of piperazine rings is 1. The molecule has 0 radical (unpaired) electrons. The van der Waals surface area contributed by atoms with Gasteiger partial charge in [0.05, 0.1) is 6.20 Å². The highest BCUT2D eigenvalue weighted by molar-refractivity contribution is 5.77. The Morgan fingerprint density at radius 2 is 2.00 bits per heavy atom. The van der Waals surface area contributed by atoms with Crippen molar-refractivity contribution in [2.45, 2.75) is 26.7 Å². The van der Waals surface area contributed by atoms with Crippen LogP contribution >= 0.6 is 0 Å². The van der Waals surface area contributed by atoms with E-state index in [0.717, 1.165) is 30.2 Å². The van der Waals surface area contributed by atoms with Gasteiger partial charge in [0.15, 0.2) is 0 Å². The zero-order valence-corrected chi connectivity index (χ0v) is 15.5. The molecule has 140 valence electrons. The summed E-state index contributed by atoms with van der Waals surface area (Å²) in [6.45, 7) is 6.29. The maximum atomic E-state index is 12.6. The number of carbonyl (C=O) groups is 1. The summed E-state index contributed by atoms with van der Waals surface area (Å²) < 4.78 is 0. The first-order valence-electron chi connectivity index (χ1n) is 8.92. The number of carbonyl (C=O) groups excluding carboxylic acids is 1. The standard InChI is InChI=1S/C19H22N6O2/c1-13-15(14(2)23-19(27)16(13)11-20)3-4-18(26)25-9-7-24(8-10-25)17-12-21-5-6-22-17/h5-6,12H,3-4,7-10H2,1-2H3,(H,23,27). The maximum Gasteiger partial charge on any atom is 0.266 e. The van der Waals surface area contributed by atoms with E-state index < -0.39 is 0 Å². The zero-order chi connectivity index (χ0) is 19.4. The maximum absolute atomic E-state index is 12.6. The number of aromatic nitrogens is 3. The molecule has 1 fully saturated rings. The summed E-state index contributed by atoms with van der Waals surface area (Å²) in [5.74, 6) is 0.908. The van der Waals surface area contributed by atoms with Crippen LogP contribution in [0.25, 0.3) is 0 Å². The number of rotatable bonds is 4. The third-order valence-electron chi connectivity index (χ3n) is 5.02. The SMILES string of the molecule is Cc1[nH]c(=O)c(C#N)c(C)c1CCC(=O)N1CCN(c2cnccn2)CC1. The summed E-state index contributed by atoms with van der Waals surface area (Å²) in [7, 11) is 0. The first-order chi connectivity index (χ1) is 13.0. The van der Waals surface area contributed by atoms with Gasteiger partial charge in [0, 0.05) is 50.7 Å². The number of nitrogens with one attached hydrogen (secondary N) is 1. The van der Waals surface area contributed by atoms with Crippen LogP contribution in [0.2, 0.25) is 0 Å². The fraction of sp³-hybridized carbons (Fsp3) is 0.421. The molecule has 0 saturated carbocycles. The van der Waals surface area contributed by atoms with Gasteiger partial charge in [-0.1, -0.05) is 0 Å². The normalized spacial score (nSPS) is 14.1. The number of anilines is 1. The van der Waals surface area contributed by atoms with Gasteiger partial charge in [-0.25, -0.2) is 4.98 Å². The average molecular weight is 366 g/mol.